The molecule has 104 valence electrons. The molecule has 0 bridgehead atoms. The van der Waals surface area contributed by atoms with E-state index in [1.165, 1.54) is 0 Å². The number of carbonyl (C=O) groups excluding carboxylic acids is 1. The van der Waals surface area contributed by atoms with Crippen LogP contribution in [0.25, 0.3) is 0 Å². The van der Waals surface area contributed by atoms with Crippen molar-refractivity contribution in [1.29, 1.82) is 0 Å². The summed E-state index contributed by atoms with van der Waals surface area (Å²) >= 11 is 0. The second kappa shape index (κ2) is 6.63. The molecule has 2 heterocycles. The van der Waals surface area contributed by atoms with Gasteiger partial charge in [0, 0.05) is 12.5 Å². The van der Waals surface area contributed by atoms with Crippen LogP contribution in [0.2, 0.25) is 0 Å². The highest BCUT2D eigenvalue weighted by Gasteiger charge is 2.16. The van der Waals surface area contributed by atoms with Gasteiger partial charge >= 0.3 is 0 Å². The van der Waals surface area contributed by atoms with E-state index in [9.17, 15) is 4.79 Å². The van der Waals surface area contributed by atoms with Gasteiger partial charge in [0.05, 0.1) is 25.0 Å². The van der Waals surface area contributed by atoms with Crippen LogP contribution < -0.4 is 5.32 Å². The quantitative estimate of drug-likeness (QED) is 0.883. The van der Waals surface area contributed by atoms with Crippen LogP contribution in [0.15, 0.2) is 18.2 Å². The van der Waals surface area contributed by atoms with Crippen molar-refractivity contribution in [3.05, 3.63) is 23.9 Å². The van der Waals surface area contributed by atoms with Gasteiger partial charge in [-0.25, -0.2) is 4.98 Å². The third-order valence-corrected chi connectivity index (χ3v) is 2.94. The molecule has 1 amide bonds. The van der Waals surface area contributed by atoms with E-state index < -0.39 is 0 Å². The molecule has 5 heteroatoms. The van der Waals surface area contributed by atoms with Crippen molar-refractivity contribution in [2.75, 3.05) is 18.5 Å². The smallest absolute Gasteiger partial charge is 0.228 e. The van der Waals surface area contributed by atoms with Gasteiger partial charge in [0.2, 0.25) is 5.91 Å². The Kier molecular flexibility index (Phi) is 4.87. The zero-order valence-electron chi connectivity index (χ0n) is 11.4. The lowest BCUT2D eigenvalue weighted by atomic mass is 10.2. The number of rotatable bonds is 5. The number of hydrogen-bond acceptors (Lipinski definition) is 4. The maximum atomic E-state index is 11.6. The van der Waals surface area contributed by atoms with E-state index in [0.29, 0.717) is 19.0 Å². The summed E-state index contributed by atoms with van der Waals surface area (Å²) in [6.45, 7) is 5.57. The predicted molar refractivity (Wildman–Crippen MR) is 71.7 cm³/mol. The summed E-state index contributed by atoms with van der Waals surface area (Å²) in [7, 11) is 0. The van der Waals surface area contributed by atoms with Gasteiger partial charge in [-0.3, -0.25) is 4.79 Å². The average molecular weight is 264 g/mol. The van der Waals surface area contributed by atoms with Crippen LogP contribution in [0.5, 0.6) is 0 Å². The molecule has 0 aliphatic carbocycles. The Labute approximate surface area is 113 Å². The number of hydrogen-bond donors (Lipinski definition) is 1. The molecule has 2 rings (SSSR count). The van der Waals surface area contributed by atoms with Crippen molar-refractivity contribution >= 4 is 11.7 Å². The van der Waals surface area contributed by atoms with E-state index in [1.54, 1.807) is 6.07 Å². The predicted octanol–water partition coefficient (Wildman–Crippen LogP) is 1.98. The van der Waals surface area contributed by atoms with Crippen molar-refractivity contribution in [3.63, 3.8) is 0 Å². The van der Waals surface area contributed by atoms with Gasteiger partial charge < -0.3 is 14.8 Å². The van der Waals surface area contributed by atoms with Crippen molar-refractivity contribution < 1.29 is 14.3 Å². The minimum Gasteiger partial charge on any atom is -0.379 e. The lowest BCUT2D eigenvalue weighted by Gasteiger charge is -2.11. The molecular formula is C14H20N2O3. The van der Waals surface area contributed by atoms with Crippen LogP contribution in [0, 0.1) is 5.92 Å². The van der Waals surface area contributed by atoms with Crippen LogP contribution in [0.3, 0.4) is 0 Å². The Hall–Kier alpha value is -1.46. The molecule has 19 heavy (non-hydrogen) atoms. The zero-order chi connectivity index (χ0) is 13.7. The lowest BCUT2D eigenvalue weighted by molar-refractivity contribution is -0.118. The van der Waals surface area contributed by atoms with Crippen molar-refractivity contribution in [2.45, 2.75) is 33.0 Å². The van der Waals surface area contributed by atoms with E-state index in [2.05, 4.69) is 10.3 Å². The molecule has 1 saturated heterocycles. The Bertz CT molecular complexity index is 428. The number of carbonyl (C=O) groups is 1. The van der Waals surface area contributed by atoms with Crippen molar-refractivity contribution in [3.8, 4) is 0 Å². The third kappa shape index (κ3) is 4.29. The van der Waals surface area contributed by atoms with Gasteiger partial charge in [-0.15, -0.1) is 0 Å². The fourth-order valence-corrected chi connectivity index (χ4v) is 1.75. The standard InChI is InChI=1S/C14H20N2O3/c1-10(2)14(17)16-13-5-3-4-11(15-13)8-19-12-6-7-18-9-12/h3-5,10,12H,6-9H2,1-2H3,(H,15,16,17). The van der Waals surface area contributed by atoms with Crippen LogP contribution >= 0.6 is 0 Å². The number of nitrogens with one attached hydrogen (secondary N) is 1. The van der Waals surface area contributed by atoms with E-state index in [-0.39, 0.29) is 17.9 Å². The molecule has 1 atom stereocenters. The number of anilines is 1. The van der Waals surface area contributed by atoms with Gasteiger partial charge in [0.15, 0.2) is 0 Å². The Morgan fingerprint density at radius 3 is 3.11 bits per heavy atom. The minimum atomic E-state index is -0.0580. The first-order valence-electron chi connectivity index (χ1n) is 6.61. The van der Waals surface area contributed by atoms with Gasteiger partial charge in [-0.05, 0) is 18.6 Å². The van der Waals surface area contributed by atoms with Crippen LogP contribution in [0.1, 0.15) is 26.0 Å². The van der Waals surface area contributed by atoms with E-state index in [0.717, 1.165) is 18.7 Å². The molecule has 0 spiro atoms. The Morgan fingerprint density at radius 2 is 2.42 bits per heavy atom. The SMILES string of the molecule is CC(C)C(=O)Nc1cccc(COC2CCOC2)n1. The molecule has 1 fully saturated rings. The van der Waals surface area contributed by atoms with Crippen molar-refractivity contribution in [1.82, 2.24) is 4.98 Å². The molecule has 0 radical (unpaired) electrons. The van der Waals surface area contributed by atoms with Gasteiger partial charge in [0.25, 0.3) is 0 Å². The summed E-state index contributed by atoms with van der Waals surface area (Å²) in [6, 6.07) is 5.54. The summed E-state index contributed by atoms with van der Waals surface area (Å²) in [6.07, 6.45) is 1.10. The normalized spacial score (nSPS) is 18.8. The first-order chi connectivity index (χ1) is 9.15. The molecule has 5 nitrogen and oxygen atoms in total. The second-order valence-electron chi connectivity index (χ2n) is 4.95. The maximum Gasteiger partial charge on any atom is 0.228 e. The summed E-state index contributed by atoms with van der Waals surface area (Å²) < 4.78 is 10.9. The average Bonchev–Trinajstić information content (AvgIpc) is 2.90. The zero-order valence-corrected chi connectivity index (χ0v) is 11.4. The molecular weight excluding hydrogens is 244 g/mol. The number of aromatic nitrogens is 1. The van der Waals surface area contributed by atoms with E-state index in [1.807, 2.05) is 26.0 Å². The Balaban J connectivity index is 1.89. The molecule has 1 aromatic heterocycles. The highest BCUT2D eigenvalue weighted by Crippen LogP contribution is 2.12. The monoisotopic (exact) mass is 264 g/mol. The van der Waals surface area contributed by atoms with Crippen molar-refractivity contribution in [2.24, 2.45) is 5.92 Å². The van der Waals surface area contributed by atoms with E-state index in [4.69, 9.17) is 9.47 Å². The van der Waals surface area contributed by atoms with Crippen LogP contribution in [0.4, 0.5) is 5.82 Å². The topological polar surface area (TPSA) is 60.5 Å². The molecule has 1 aliphatic heterocycles. The highest BCUT2D eigenvalue weighted by atomic mass is 16.5. The summed E-state index contributed by atoms with van der Waals surface area (Å²) in [5, 5.41) is 2.78. The number of pyridine rings is 1. The second-order valence-corrected chi connectivity index (χ2v) is 4.95. The summed E-state index contributed by atoms with van der Waals surface area (Å²) in [5.74, 6) is 0.481. The molecule has 1 aromatic rings. The molecule has 1 unspecified atom stereocenters. The number of amides is 1. The largest absolute Gasteiger partial charge is 0.379 e. The number of nitrogens with zero attached hydrogens (tertiary/aromatic N) is 1. The van der Waals surface area contributed by atoms with Crippen LogP contribution in [-0.2, 0) is 20.9 Å². The number of ether oxygens (including phenoxy) is 2. The Morgan fingerprint density at radius 1 is 1.58 bits per heavy atom. The van der Waals surface area contributed by atoms with Gasteiger partial charge in [-0.2, -0.15) is 0 Å². The summed E-state index contributed by atoms with van der Waals surface area (Å²) in [5.41, 5.74) is 0.813. The van der Waals surface area contributed by atoms with Gasteiger partial charge in [0.1, 0.15) is 5.82 Å². The lowest BCUT2D eigenvalue weighted by Crippen LogP contribution is -2.19. The fraction of sp³-hybridized carbons (Fsp3) is 0.571. The fourth-order valence-electron chi connectivity index (χ4n) is 1.75. The molecule has 1 aliphatic rings. The first kappa shape index (κ1) is 14.0. The molecule has 0 aromatic carbocycles. The maximum absolute atomic E-state index is 11.6. The first-order valence-corrected chi connectivity index (χ1v) is 6.61. The molecule has 0 saturated carbocycles. The third-order valence-electron chi connectivity index (χ3n) is 2.94. The minimum absolute atomic E-state index is 0.0326. The molecule has 1 N–H and O–H groups in total. The highest BCUT2D eigenvalue weighted by molar-refractivity contribution is 5.91. The van der Waals surface area contributed by atoms with Crippen LogP contribution in [-0.4, -0.2) is 30.2 Å². The summed E-state index contributed by atoms with van der Waals surface area (Å²) in [4.78, 5) is 15.9. The van der Waals surface area contributed by atoms with Gasteiger partial charge in [-0.1, -0.05) is 19.9 Å². The van der Waals surface area contributed by atoms with E-state index >= 15 is 0 Å².